The molecular weight excluding hydrogens is 288 g/mol. The van der Waals surface area contributed by atoms with Crippen molar-refractivity contribution in [2.24, 2.45) is 0 Å². The molecule has 6 heteroatoms. The van der Waals surface area contributed by atoms with Crippen LogP contribution in [0.5, 0.6) is 0 Å². The zero-order valence-electron chi connectivity index (χ0n) is 13.1. The number of sulfonamides is 1. The fraction of sp³-hybridized carbons (Fsp3) is 0.533. The van der Waals surface area contributed by atoms with Gasteiger partial charge in [0.15, 0.2) is 0 Å². The molecule has 118 valence electrons. The number of likely N-dealkylation sites (N-methyl/N-ethyl adjacent to an activating group) is 1. The van der Waals surface area contributed by atoms with Crippen molar-refractivity contribution in [3.63, 3.8) is 0 Å². The third kappa shape index (κ3) is 5.13. The summed E-state index contributed by atoms with van der Waals surface area (Å²) in [5.41, 5.74) is -0.330. The van der Waals surface area contributed by atoms with Crippen molar-refractivity contribution >= 4 is 15.9 Å². The normalized spacial score (nSPS) is 12.4. The molecule has 0 aromatic heterocycles. The number of hydrogen-bond donors (Lipinski definition) is 1. The van der Waals surface area contributed by atoms with E-state index in [-0.39, 0.29) is 22.9 Å². The maximum Gasteiger partial charge on any atom is 0.243 e. The standard InChI is InChI=1S/C15H24N2O3S/c1-5-11-15(2,3)16-14(18)12-17(4)21(19,20)13-9-7-6-8-10-13/h6-10H,5,11-12H2,1-4H3,(H,16,18). The average molecular weight is 312 g/mol. The minimum Gasteiger partial charge on any atom is -0.350 e. The molecular formula is C15H24N2O3S. The van der Waals surface area contributed by atoms with Crippen LogP contribution in [0.2, 0.25) is 0 Å². The quantitative estimate of drug-likeness (QED) is 0.837. The van der Waals surface area contributed by atoms with E-state index >= 15 is 0 Å². The van der Waals surface area contributed by atoms with Gasteiger partial charge in [-0.2, -0.15) is 4.31 Å². The van der Waals surface area contributed by atoms with Gasteiger partial charge in [-0.15, -0.1) is 0 Å². The highest BCUT2D eigenvalue weighted by Gasteiger charge is 2.25. The zero-order valence-corrected chi connectivity index (χ0v) is 13.9. The molecule has 0 spiro atoms. The van der Waals surface area contributed by atoms with Crippen LogP contribution >= 0.6 is 0 Å². The monoisotopic (exact) mass is 312 g/mol. The summed E-state index contributed by atoms with van der Waals surface area (Å²) >= 11 is 0. The van der Waals surface area contributed by atoms with Gasteiger partial charge in [-0.25, -0.2) is 8.42 Å². The van der Waals surface area contributed by atoms with Crippen molar-refractivity contribution in [3.8, 4) is 0 Å². The van der Waals surface area contributed by atoms with Crippen LogP contribution in [0.4, 0.5) is 0 Å². The number of benzene rings is 1. The second kappa shape index (κ2) is 7.04. The smallest absolute Gasteiger partial charge is 0.243 e. The van der Waals surface area contributed by atoms with Crippen molar-refractivity contribution in [1.29, 1.82) is 0 Å². The lowest BCUT2D eigenvalue weighted by Gasteiger charge is -2.27. The second-order valence-electron chi connectivity index (χ2n) is 5.76. The summed E-state index contributed by atoms with van der Waals surface area (Å²) in [6, 6.07) is 8.10. The summed E-state index contributed by atoms with van der Waals surface area (Å²) in [6.07, 6.45) is 1.79. The van der Waals surface area contributed by atoms with Crippen LogP contribution in [-0.4, -0.2) is 37.8 Å². The van der Waals surface area contributed by atoms with Crippen LogP contribution < -0.4 is 5.32 Å². The number of amides is 1. The Labute approximate surface area is 127 Å². The Morgan fingerprint density at radius 3 is 2.33 bits per heavy atom. The number of carbonyl (C=O) groups is 1. The Kier molecular flexibility index (Phi) is 5.92. The van der Waals surface area contributed by atoms with Crippen molar-refractivity contribution in [2.75, 3.05) is 13.6 Å². The second-order valence-corrected chi connectivity index (χ2v) is 7.80. The number of nitrogens with one attached hydrogen (secondary N) is 1. The van der Waals surface area contributed by atoms with E-state index in [1.807, 2.05) is 20.8 Å². The molecule has 0 atom stereocenters. The summed E-state index contributed by atoms with van der Waals surface area (Å²) in [6.45, 7) is 5.71. The van der Waals surface area contributed by atoms with E-state index in [0.29, 0.717) is 0 Å². The summed E-state index contributed by atoms with van der Waals surface area (Å²) in [5, 5.41) is 2.87. The minimum atomic E-state index is -3.63. The fourth-order valence-electron chi connectivity index (χ4n) is 2.16. The van der Waals surface area contributed by atoms with Gasteiger partial charge in [-0.3, -0.25) is 4.79 Å². The SMILES string of the molecule is CCCC(C)(C)NC(=O)CN(C)S(=O)(=O)c1ccccc1. The Hall–Kier alpha value is -1.40. The summed E-state index contributed by atoms with van der Waals surface area (Å²) < 4.78 is 25.7. The average Bonchev–Trinajstić information content (AvgIpc) is 2.38. The van der Waals surface area contributed by atoms with Crippen LogP contribution in [0, 0.1) is 0 Å². The van der Waals surface area contributed by atoms with Crippen LogP contribution in [0.1, 0.15) is 33.6 Å². The molecule has 0 bridgehead atoms. The minimum absolute atomic E-state index is 0.188. The van der Waals surface area contributed by atoms with Crippen LogP contribution in [0.3, 0.4) is 0 Å². The lowest BCUT2D eigenvalue weighted by Crippen LogP contribution is -2.47. The molecule has 5 nitrogen and oxygen atoms in total. The number of carbonyl (C=O) groups excluding carboxylic acids is 1. The molecule has 1 aromatic rings. The first-order chi connectivity index (χ1) is 9.69. The lowest BCUT2D eigenvalue weighted by molar-refractivity contribution is -0.122. The Balaban J connectivity index is 2.73. The Bertz CT molecular complexity index is 568. The zero-order chi connectivity index (χ0) is 16.1. The van der Waals surface area contributed by atoms with Crippen LogP contribution in [0.15, 0.2) is 35.2 Å². The van der Waals surface area contributed by atoms with Gasteiger partial charge >= 0.3 is 0 Å². The van der Waals surface area contributed by atoms with Gasteiger partial charge in [0, 0.05) is 12.6 Å². The van der Waals surface area contributed by atoms with E-state index in [4.69, 9.17) is 0 Å². The molecule has 0 unspecified atom stereocenters. The van der Waals surface area contributed by atoms with E-state index in [0.717, 1.165) is 17.1 Å². The summed E-state index contributed by atoms with van der Waals surface area (Å²) in [4.78, 5) is 12.2. The number of rotatable bonds is 7. The molecule has 0 aliphatic rings. The first-order valence-corrected chi connectivity index (χ1v) is 8.45. The molecule has 0 saturated heterocycles. The third-order valence-corrected chi connectivity index (χ3v) is 4.99. The van der Waals surface area contributed by atoms with E-state index in [2.05, 4.69) is 5.32 Å². The van der Waals surface area contributed by atoms with Crippen molar-refractivity contribution in [1.82, 2.24) is 9.62 Å². The lowest BCUT2D eigenvalue weighted by atomic mass is 9.99. The molecule has 1 amide bonds. The van der Waals surface area contributed by atoms with Gasteiger partial charge in [0.05, 0.1) is 11.4 Å². The topological polar surface area (TPSA) is 66.5 Å². The first kappa shape index (κ1) is 17.7. The first-order valence-electron chi connectivity index (χ1n) is 7.01. The van der Waals surface area contributed by atoms with Gasteiger partial charge in [-0.1, -0.05) is 31.5 Å². The maximum absolute atomic E-state index is 12.3. The molecule has 0 aliphatic carbocycles. The molecule has 0 heterocycles. The third-order valence-electron chi connectivity index (χ3n) is 3.17. The molecule has 0 fully saturated rings. The number of nitrogens with zero attached hydrogens (tertiary/aromatic N) is 1. The Morgan fingerprint density at radius 1 is 1.24 bits per heavy atom. The predicted molar refractivity (Wildman–Crippen MR) is 83.4 cm³/mol. The van der Waals surface area contributed by atoms with E-state index in [1.165, 1.54) is 19.2 Å². The fourth-order valence-corrected chi connectivity index (χ4v) is 3.31. The largest absolute Gasteiger partial charge is 0.350 e. The highest BCUT2D eigenvalue weighted by atomic mass is 32.2. The van der Waals surface area contributed by atoms with Gasteiger partial charge in [0.2, 0.25) is 15.9 Å². The van der Waals surface area contributed by atoms with Gasteiger partial charge < -0.3 is 5.32 Å². The molecule has 1 N–H and O–H groups in total. The molecule has 1 rings (SSSR count). The summed E-state index contributed by atoms with van der Waals surface area (Å²) in [7, 11) is -2.22. The molecule has 1 aromatic carbocycles. The van der Waals surface area contributed by atoms with Gasteiger partial charge in [-0.05, 0) is 32.4 Å². The number of hydrogen-bond acceptors (Lipinski definition) is 3. The van der Waals surface area contributed by atoms with Crippen molar-refractivity contribution < 1.29 is 13.2 Å². The molecule has 21 heavy (non-hydrogen) atoms. The van der Waals surface area contributed by atoms with Crippen molar-refractivity contribution in [2.45, 2.75) is 44.0 Å². The maximum atomic E-state index is 12.3. The predicted octanol–water partition coefficient (Wildman–Crippen LogP) is 2.00. The van der Waals surface area contributed by atoms with Crippen LogP contribution in [-0.2, 0) is 14.8 Å². The van der Waals surface area contributed by atoms with E-state index in [1.54, 1.807) is 18.2 Å². The van der Waals surface area contributed by atoms with Crippen LogP contribution in [0.25, 0.3) is 0 Å². The highest BCUT2D eigenvalue weighted by molar-refractivity contribution is 7.89. The highest BCUT2D eigenvalue weighted by Crippen LogP contribution is 2.14. The van der Waals surface area contributed by atoms with E-state index in [9.17, 15) is 13.2 Å². The molecule has 0 aliphatic heterocycles. The Morgan fingerprint density at radius 2 is 1.81 bits per heavy atom. The van der Waals surface area contributed by atoms with Crippen molar-refractivity contribution in [3.05, 3.63) is 30.3 Å². The molecule has 0 saturated carbocycles. The molecule has 0 radical (unpaired) electrons. The van der Waals surface area contributed by atoms with Gasteiger partial charge in [0.1, 0.15) is 0 Å². The summed E-state index contributed by atoms with van der Waals surface area (Å²) in [5.74, 6) is -0.296. The van der Waals surface area contributed by atoms with Gasteiger partial charge in [0.25, 0.3) is 0 Å². The van der Waals surface area contributed by atoms with E-state index < -0.39 is 10.0 Å².